The highest BCUT2D eigenvalue weighted by Crippen LogP contribution is 2.23. The molecule has 1 saturated heterocycles. The Hall–Kier alpha value is -2.73. The van der Waals surface area contributed by atoms with Crippen LogP contribution in [-0.2, 0) is 16.1 Å². The molecule has 5 nitrogen and oxygen atoms in total. The van der Waals surface area contributed by atoms with Gasteiger partial charge in [0.25, 0.3) is 0 Å². The summed E-state index contributed by atoms with van der Waals surface area (Å²) in [5.41, 5.74) is 2.54. The third-order valence-electron chi connectivity index (χ3n) is 3.96. The van der Waals surface area contributed by atoms with Gasteiger partial charge in [0.05, 0.1) is 5.69 Å². The van der Waals surface area contributed by atoms with E-state index < -0.39 is 0 Å². The van der Waals surface area contributed by atoms with Gasteiger partial charge in [-0.25, -0.2) is 0 Å². The molecule has 2 N–H and O–H groups in total. The lowest BCUT2D eigenvalue weighted by Gasteiger charge is -2.25. The Morgan fingerprint density at radius 1 is 0.960 bits per heavy atom. The summed E-state index contributed by atoms with van der Waals surface area (Å²) in [6.45, 7) is 0.640. The van der Waals surface area contributed by atoms with Crippen LogP contribution >= 0.6 is 12.2 Å². The lowest BCUT2D eigenvalue weighted by Crippen LogP contribution is -2.40. The molecule has 1 aliphatic heterocycles. The molecule has 0 unspecified atom stereocenters. The van der Waals surface area contributed by atoms with Crippen LogP contribution in [0.2, 0.25) is 0 Å². The highest BCUT2D eigenvalue weighted by atomic mass is 32.1. The fourth-order valence-electron chi connectivity index (χ4n) is 2.69. The van der Waals surface area contributed by atoms with E-state index in [1.54, 1.807) is 24.3 Å². The first-order valence-corrected chi connectivity index (χ1v) is 8.59. The zero-order valence-electron chi connectivity index (χ0n) is 13.7. The maximum absolute atomic E-state index is 11.9. The Bertz CT molecular complexity index is 759. The van der Waals surface area contributed by atoms with Gasteiger partial charge in [-0.3, -0.25) is 14.5 Å². The van der Waals surface area contributed by atoms with Crippen molar-refractivity contribution in [1.29, 1.82) is 0 Å². The minimum atomic E-state index is -0.142. The Kier molecular flexibility index (Phi) is 5.40. The van der Waals surface area contributed by atoms with Crippen molar-refractivity contribution in [2.75, 3.05) is 10.2 Å². The summed E-state index contributed by atoms with van der Waals surface area (Å²) in [6.07, 6.45) is 1.47. The van der Waals surface area contributed by atoms with E-state index in [1.165, 1.54) is 4.90 Å². The Labute approximate surface area is 152 Å². The van der Waals surface area contributed by atoms with E-state index in [4.69, 9.17) is 12.2 Å². The highest BCUT2D eigenvalue weighted by molar-refractivity contribution is 7.80. The van der Waals surface area contributed by atoms with Crippen molar-refractivity contribution in [1.82, 2.24) is 5.32 Å². The SMILES string of the molecule is O=C1CCCC(=O)N1c1ccc(NC(=S)NCc2ccccc2)cc1. The number of hydrogen-bond acceptors (Lipinski definition) is 3. The Morgan fingerprint density at radius 3 is 2.24 bits per heavy atom. The van der Waals surface area contributed by atoms with Crippen LogP contribution in [0.15, 0.2) is 54.6 Å². The van der Waals surface area contributed by atoms with E-state index in [-0.39, 0.29) is 11.8 Å². The van der Waals surface area contributed by atoms with Crippen LogP contribution in [0.4, 0.5) is 11.4 Å². The number of imide groups is 1. The van der Waals surface area contributed by atoms with Crippen LogP contribution in [-0.4, -0.2) is 16.9 Å². The molecule has 2 amide bonds. The van der Waals surface area contributed by atoms with Gasteiger partial charge in [0.1, 0.15) is 0 Å². The predicted octanol–water partition coefficient (Wildman–Crippen LogP) is 3.22. The predicted molar refractivity (Wildman–Crippen MR) is 102 cm³/mol. The summed E-state index contributed by atoms with van der Waals surface area (Å²) in [7, 11) is 0. The summed E-state index contributed by atoms with van der Waals surface area (Å²) >= 11 is 5.29. The number of piperidine rings is 1. The zero-order valence-corrected chi connectivity index (χ0v) is 14.5. The second-order valence-electron chi connectivity index (χ2n) is 5.82. The molecule has 1 heterocycles. The number of nitrogens with one attached hydrogen (secondary N) is 2. The number of nitrogens with zero attached hydrogens (tertiary/aromatic N) is 1. The van der Waals surface area contributed by atoms with Gasteiger partial charge < -0.3 is 10.6 Å². The van der Waals surface area contributed by atoms with Crippen molar-refractivity contribution >= 4 is 40.5 Å². The molecule has 2 aromatic rings. The molecular formula is C19H19N3O2S. The molecule has 0 aliphatic carbocycles. The molecule has 0 bridgehead atoms. The summed E-state index contributed by atoms with van der Waals surface area (Å²) in [5.74, 6) is -0.283. The fraction of sp³-hybridized carbons (Fsp3) is 0.211. The monoisotopic (exact) mass is 353 g/mol. The van der Waals surface area contributed by atoms with E-state index in [0.29, 0.717) is 36.6 Å². The quantitative estimate of drug-likeness (QED) is 0.653. The van der Waals surface area contributed by atoms with Gasteiger partial charge in [0, 0.05) is 25.1 Å². The van der Waals surface area contributed by atoms with Gasteiger partial charge in [0.2, 0.25) is 11.8 Å². The third kappa shape index (κ3) is 4.42. The van der Waals surface area contributed by atoms with Gasteiger partial charge in [0.15, 0.2) is 5.11 Å². The molecule has 0 spiro atoms. The van der Waals surface area contributed by atoms with Crippen LogP contribution in [0, 0.1) is 0 Å². The average molecular weight is 353 g/mol. The number of benzene rings is 2. The van der Waals surface area contributed by atoms with Gasteiger partial charge in [-0.05, 0) is 48.5 Å². The second-order valence-corrected chi connectivity index (χ2v) is 6.22. The fourth-order valence-corrected chi connectivity index (χ4v) is 2.88. The normalized spacial score (nSPS) is 14.3. The smallest absolute Gasteiger partial charge is 0.233 e. The van der Waals surface area contributed by atoms with Gasteiger partial charge >= 0.3 is 0 Å². The van der Waals surface area contributed by atoms with Gasteiger partial charge in [-0.15, -0.1) is 0 Å². The molecular weight excluding hydrogens is 334 g/mol. The number of rotatable bonds is 4. The number of hydrogen-bond donors (Lipinski definition) is 2. The summed E-state index contributed by atoms with van der Waals surface area (Å²) in [5, 5.41) is 6.75. The van der Waals surface area contributed by atoms with Crippen molar-refractivity contribution < 1.29 is 9.59 Å². The highest BCUT2D eigenvalue weighted by Gasteiger charge is 2.27. The first kappa shape index (κ1) is 17.1. The molecule has 6 heteroatoms. The zero-order chi connectivity index (χ0) is 17.6. The van der Waals surface area contributed by atoms with Crippen molar-refractivity contribution in [3.8, 4) is 0 Å². The standard InChI is InChI=1S/C19H19N3O2S/c23-17-7-4-8-18(24)22(17)16-11-9-15(10-12-16)21-19(25)20-13-14-5-2-1-3-6-14/h1-3,5-6,9-12H,4,7-8,13H2,(H2,20,21,25). The molecule has 128 valence electrons. The van der Waals surface area contributed by atoms with E-state index in [2.05, 4.69) is 10.6 Å². The van der Waals surface area contributed by atoms with Crippen LogP contribution in [0.3, 0.4) is 0 Å². The van der Waals surface area contributed by atoms with Crippen molar-refractivity contribution in [2.45, 2.75) is 25.8 Å². The molecule has 3 rings (SSSR count). The minimum absolute atomic E-state index is 0.142. The maximum atomic E-state index is 11.9. The van der Waals surface area contributed by atoms with Crippen molar-refractivity contribution in [3.63, 3.8) is 0 Å². The van der Waals surface area contributed by atoms with Gasteiger partial charge in [-0.1, -0.05) is 30.3 Å². The number of anilines is 2. The summed E-state index contributed by atoms with van der Waals surface area (Å²) in [6, 6.07) is 17.1. The first-order valence-electron chi connectivity index (χ1n) is 8.18. The van der Waals surface area contributed by atoms with Crippen LogP contribution in [0.1, 0.15) is 24.8 Å². The van der Waals surface area contributed by atoms with Gasteiger partial charge in [-0.2, -0.15) is 0 Å². The first-order chi connectivity index (χ1) is 12.1. The second kappa shape index (κ2) is 7.90. The van der Waals surface area contributed by atoms with Crippen molar-refractivity contribution in [3.05, 3.63) is 60.2 Å². The van der Waals surface area contributed by atoms with E-state index in [9.17, 15) is 9.59 Å². The molecule has 1 fully saturated rings. The lowest BCUT2D eigenvalue weighted by molar-refractivity contribution is -0.129. The van der Waals surface area contributed by atoms with E-state index >= 15 is 0 Å². The third-order valence-corrected chi connectivity index (χ3v) is 4.21. The molecule has 0 radical (unpaired) electrons. The van der Waals surface area contributed by atoms with Crippen molar-refractivity contribution in [2.24, 2.45) is 0 Å². The molecule has 0 saturated carbocycles. The number of carbonyl (C=O) groups is 2. The average Bonchev–Trinajstić information content (AvgIpc) is 2.62. The summed E-state index contributed by atoms with van der Waals surface area (Å²) in [4.78, 5) is 25.2. The van der Waals surface area contributed by atoms with E-state index in [0.717, 1.165) is 11.3 Å². The molecule has 0 atom stereocenters. The minimum Gasteiger partial charge on any atom is -0.358 e. The molecule has 2 aromatic carbocycles. The van der Waals surface area contributed by atoms with Crippen LogP contribution in [0.5, 0.6) is 0 Å². The number of amides is 2. The maximum Gasteiger partial charge on any atom is 0.233 e. The largest absolute Gasteiger partial charge is 0.358 e. The molecule has 0 aromatic heterocycles. The number of thiocarbonyl (C=S) groups is 1. The topological polar surface area (TPSA) is 61.4 Å². The Morgan fingerprint density at radius 2 is 1.60 bits per heavy atom. The lowest BCUT2D eigenvalue weighted by atomic mass is 10.1. The van der Waals surface area contributed by atoms with E-state index in [1.807, 2.05) is 30.3 Å². The molecule has 25 heavy (non-hydrogen) atoms. The number of carbonyl (C=O) groups excluding carboxylic acids is 2. The van der Waals surface area contributed by atoms with Crippen LogP contribution < -0.4 is 15.5 Å². The molecule has 1 aliphatic rings. The van der Waals surface area contributed by atoms with Crippen LogP contribution in [0.25, 0.3) is 0 Å². The Balaban J connectivity index is 1.58. The summed E-state index contributed by atoms with van der Waals surface area (Å²) < 4.78 is 0.